The Morgan fingerprint density at radius 1 is 0.921 bits per heavy atom. The van der Waals surface area contributed by atoms with Crippen LogP contribution >= 0.6 is 0 Å². The number of nitrogens with zero attached hydrogens (tertiary/aromatic N) is 1. The molecular formula is C32H36NO5+. The monoisotopic (exact) mass is 514 g/mol. The van der Waals surface area contributed by atoms with Crippen LogP contribution in [0.4, 0.5) is 0 Å². The summed E-state index contributed by atoms with van der Waals surface area (Å²) in [5.74, 6) is 3.08. The van der Waals surface area contributed by atoms with Crippen LogP contribution < -0.4 is 23.5 Å². The number of hydrogen-bond donors (Lipinski definition) is 0. The number of rotatable bonds is 10. The van der Waals surface area contributed by atoms with Gasteiger partial charge in [0.25, 0.3) is 0 Å². The second-order valence-corrected chi connectivity index (χ2v) is 10.6. The first-order chi connectivity index (χ1) is 18.6. The zero-order valence-corrected chi connectivity index (χ0v) is 22.5. The van der Waals surface area contributed by atoms with Crippen molar-refractivity contribution in [3.8, 4) is 34.3 Å². The molecular weight excluding hydrogens is 478 g/mol. The van der Waals surface area contributed by atoms with Crippen LogP contribution in [-0.4, -0.2) is 19.4 Å². The fourth-order valence-corrected chi connectivity index (χ4v) is 6.15. The SMILES string of the molecule is C=C(C(=O)CCCCCCCCC)c1c2c3c(ccc2c(C)c2[n+]1CCc1cc4c(cc1-2)OCO4)OCO3. The molecule has 38 heavy (non-hydrogen) atoms. The number of carbonyl (C=O) groups is 1. The Hall–Kier alpha value is -3.54. The highest BCUT2D eigenvalue weighted by molar-refractivity contribution is 6.22. The lowest BCUT2D eigenvalue weighted by Gasteiger charge is -2.22. The third-order valence-electron chi connectivity index (χ3n) is 8.16. The largest absolute Gasteiger partial charge is 0.454 e. The fourth-order valence-electron chi connectivity index (χ4n) is 6.15. The average Bonchev–Trinajstić information content (AvgIpc) is 3.60. The van der Waals surface area contributed by atoms with Crippen LogP contribution in [-0.2, 0) is 17.8 Å². The minimum absolute atomic E-state index is 0.103. The highest BCUT2D eigenvalue weighted by Crippen LogP contribution is 2.46. The van der Waals surface area contributed by atoms with E-state index in [1.165, 1.54) is 37.7 Å². The Labute approximate surface area is 224 Å². The summed E-state index contributed by atoms with van der Waals surface area (Å²) in [4.78, 5) is 13.6. The lowest BCUT2D eigenvalue weighted by molar-refractivity contribution is -0.688. The summed E-state index contributed by atoms with van der Waals surface area (Å²) < 4.78 is 25.4. The van der Waals surface area contributed by atoms with Crippen molar-refractivity contribution in [2.75, 3.05) is 13.6 Å². The summed E-state index contributed by atoms with van der Waals surface area (Å²) in [6.07, 6.45) is 9.56. The number of ether oxygens (including phenoxy) is 4. The molecule has 0 fully saturated rings. The van der Waals surface area contributed by atoms with Gasteiger partial charge in [-0.15, -0.1) is 0 Å². The van der Waals surface area contributed by atoms with E-state index in [1.54, 1.807) is 0 Å². The number of aromatic nitrogens is 1. The molecule has 1 aromatic heterocycles. The lowest BCUT2D eigenvalue weighted by atomic mass is 9.88. The number of carbonyl (C=O) groups excluding carboxylic acids is 1. The number of hydrogen-bond acceptors (Lipinski definition) is 5. The Balaban J connectivity index is 1.41. The molecule has 0 atom stereocenters. The van der Waals surface area contributed by atoms with Crippen molar-refractivity contribution in [2.24, 2.45) is 0 Å². The van der Waals surface area contributed by atoms with Gasteiger partial charge in [-0.25, -0.2) is 0 Å². The summed E-state index contributed by atoms with van der Waals surface area (Å²) in [6.45, 7) is 9.92. The molecule has 0 bridgehead atoms. The number of allylic oxidation sites excluding steroid dienone is 1. The third kappa shape index (κ3) is 4.20. The van der Waals surface area contributed by atoms with Gasteiger partial charge in [0.05, 0.1) is 11.1 Å². The van der Waals surface area contributed by atoms with E-state index in [1.807, 2.05) is 6.07 Å². The Morgan fingerprint density at radius 2 is 1.63 bits per heavy atom. The van der Waals surface area contributed by atoms with Gasteiger partial charge < -0.3 is 18.9 Å². The van der Waals surface area contributed by atoms with Crippen molar-refractivity contribution in [2.45, 2.75) is 78.2 Å². The molecule has 3 aromatic rings. The van der Waals surface area contributed by atoms with Crippen LogP contribution in [0.5, 0.6) is 23.0 Å². The molecule has 6 heteroatoms. The van der Waals surface area contributed by atoms with E-state index in [0.717, 1.165) is 70.6 Å². The minimum Gasteiger partial charge on any atom is -0.454 e. The van der Waals surface area contributed by atoms with Gasteiger partial charge in [-0.3, -0.25) is 4.79 Å². The number of aryl methyl sites for hydroxylation is 2. The molecule has 6 rings (SSSR count). The molecule has 198 valence electrons. The van der Waals surface area contributed by atoms with Gasteiger partial charge >= 0.3 is 0 Å². The molecule has 3 aliphatic heterocycles. The van der Waals surface area contributed by atoms with Crippen LogP contribution in [0.1, 0.15) is 75.1 Å². The highest BCUT2D eigenvalue weighted by Gasteiger charge is 2.37. The maximum atomic E-state index is 13.6. The van der Waals surface area contributed by atoms with Crippen molar-refractivity contribution >= 4 is 22.1 Å². The number of benzene rings is 2. The minimum atomic E-state index is 0.103. The van der Waals surface area contributed by atoms with E-state index in [-0.39, 0.29) is 19.4 Å². The summed E-state index contributed by atoms with van der Waals surface area (Å²) in [5, 5.41) is 1.97. The lowest BCUT2D eigenvalue weighted by Crippen LogP contribution is -2.45. The number of pyridine rings is 1. The first-order valence-corrected chi connectivity index (χ1v) is 14.0. The van der Waals surface area contributed by atoms with Gasteiger partial charge in [-0.05, 0) is 43.2 Å². The molecule has 0 saturated carbocycles. The highest BCUT2D eigenvalue weighted by atomic mass is 16.7. The summed E-state index contributed by atoms with van der Waals surface area (Å²) in [6, 6.07) is 8.23. The fraction of sp³-hybridized carbons (Fsp3) is 0.438. The molecule has 3 aliphatic rings. The zero-order chi connectivity index (χ0) is 26.2. The van der Waals surface area contributed by atoms with Gasteiger partial charge in [0.15, 0.2) is 35.3 Å². The average molecular weight is 515 g/mol. The number of unbranched alkanes of at least 4 members (excludes halogenated alkanes) is 6. The van der Waals surface area contributed by atoms with Crippen molar-refractivity contribution in [1.82, 2.24) is 0 Å². The molecule has 6 nitrogen and oxygen atoms in total. The van der Waals surface area contributed by atoms with E-state index < -0.39 is 0 Å². The van der Waals surface area contributed by atoms with Gasteiger partial charge in [0, 0.05) is 23.8 Å². The Morgan fingerprint density at radius 3 is 2.45 bits per heavy atom. The van der Waals surface area contributed by atoms with Crippen LogP contribution in [0.15, 0.2) is 30.8 Å². The molecule has 4 heterocycles. The molecule has 0 spiro atoms. The van der Waals surface area contributed by atoms with Crippen LogP contribution in [0.25, 0.3) is 27.6 Å². The molecule has 0 unspecified atom stereocenters. The summed E-state index contributed by atoms with van der Waals surface area (Å²) in [5.41, 5.74) is 5.97. The third-order valence-corrected chi connectivity index (χ3v) is 8.16. The first-order valence-electron chi connectivity index (χ1n) is 14.0. The predicted molar refractivity (Wildman–Crippen MR) is 147 cm³/mol. The standard InChI is InChI=1S/C32H36NO5/c1-4-5-6-7-8-9-10-11-25(34)21(3)31-29-23(12-13-26-32(29)38-19-35-26)20(2)30-24-17-28-27(36-18-37-28)16-22(24)14-15-33(30)31/h12-13,16-17H,3-11,14-15,18-19H2,1-2H3/q+1. The summed E-state index contributed by atoms with van der Waals surface area (Å²) in [7, 11) is 0. The first kappa shape index (κ1) is 24.8. The van der Waals surface area contributed by atoms with Crippen molar-refractivity contribution in [3.05, 3.63) is 47.7 Å². The zero-order valence-electron chi connectivity index (χ0n) is 22.5. The number of ketones is 1. The molecule has 0 saturated heterocycles. The molecule has 0 N–H and O–H groups in total. The molecule has 0 radical (unpaired) electrons. The quantitative estimate of drug-likeness (QED) is 0.168. The van der Waals surface area contributed by atoms with E-state index in [2.05, 4.69) is 43.2 Å². The summed E-state index contributed by atoms with van der Waals surface area (Å²) >= 11 is 0. The maximum Gasteiger partial charge on any atom is 0.231 e. The molecule has 0 aliphatic carbocycles. The van der Waals surface area contributed by atoms with E-state index in [4.69, 9.17) is 18.9 Å². The second-order valence-electron chi connectivity index (χ2n) is 10.6. The molecule has 0 amide bonds. The van der Waals surface area contributed by atoms with Crippen molar-refractivity contribution < 1.29 is 28.3 Å². The molecule has 2 aromatic carbocycles. The Bertz CT molecular complexity index is 1440. The normalized spacial score (nSPS) is 14.5. The van der Waals surface area contributed by atoms with Gasteiger partial charge in [-0.2, -0.15) is 4.57 Å². The van der Waals surface area contributed by atoms with Crippen LogP contribution in [0.3, 0.4) is 0 Å². The van der Waals surface area contributed by atoms with Crippen molar-refractivity contribution in [1.29, 1.82) is 0 Å². The second kappa shape index (κ2) is 10.3. The number of Topliss-reactive ketones (excluding diaryl/α,β-unsaturated/α-hetero) is 1. The van der Waals surface area contributed by atoms with E-state index >= 15 is 0 Å². The van der Waals surface area contributed by atoms with Crippen molar-refractivity contribution in [3.63, 3.8) is 0 Å². The maximum absolute atomic E-state index is 13.6. The van der Waals surface area contributed by atoms with Gasteiger partial charge in [-0.1, -0.05) is 52.0 Å². The van der Waals surface area contributed by atoms with Crippen LogP contribution in [0.2, 0.25) is 0 Å². The topological polar surface area (TPSA) is 57.9 Å². The van der Waals surface area contributed by atoms with Gasteiger partial charge in [0.2, 0.25) is 25.0 Å². The van der Waals surface area contributed by atoms with E-state index in [0.29, 0.717) is 23.5 Å². The smallest absolute Gasteiger partial charge is 0.231 e. The predicted octanol–water partition coefficient (Wildman–Crippen LogP) is 6.84. The van der Waals surface area contributed by atoms with Crippen LogP contribution in [0, 0.1) is 6.92 Å². The van der Waals surface area contributed by atoms with Gasteiger partial charge in [0.1, 0.15) is 5.39 Å². The number of fused-ring (bicyclic) bond motifs is 7. The Kier molecular flexibility index (Phi) is 6.73. The van der Waals surface area contributed by atoms with E-state index in [9.17, 15) is 4.79 Å².